The number of nitro groups is 1. The lowest BCUT2D eigenvalue weighted by molar-refractivity contribution is -0.384. The van der Waals surface area contributed by atoms with E-state index in [0.717, 1.165) is 34.0 Å². The van der Waals surface area contributed by atoms with Gasteiger partial charge in [-0.3, -0.25) is 14.9 Å². The number of non-ortho nitro benzene ring substituents is 1. The number of nitrogens with zero attached hydrogens (tertiary/aromatic N) is 4. The van der Waals surface area contributed by atoms with Gasteiger partial charge < -0.3 is 20.5 Å². The molecule has 0 saturated carbocycles. The second kappa shape index (κ2) is 15.6. The summed E-state index contributed by atoms with van der Waals surface area (Å²) in [5.41, 5.74) is 8.64. The molecule has 0 saturated heterocycles. The van der Waals surface area contributed by atoms with Gasteiger partial charge in [-0.2, -0.15) is 13.2 Å². The predicted molar refractivity (Wildman–Crippen MR) is 191 cm³/mol. The zero-order chi connectivity index (χ0) is 36.0. The van der Waals surface area contributed by atoms with Gasteiger partial charge in [-0.25, -0.2) is 4.98 Å². The molecule has 3 N–H and O–H groups in total. The fourth-order valence-corrected chi connectivity index (χ4v) is 6.35. The molecule has 5 rings (SSSR count). The molecule has 0 aliphatic rings. The number of hydrogen-bond donors (Lipinski definition) is 2. The number of carbonyl (C=O) groups excluding carboxylic acids is 1. The van der Waals surface area contributed by atoms with E-state index in [9.17, 15) is 28.1 Å². The Labute approximate surface area is 293 Å². The maximum Gasteiger partial charge on any atom is 0.416 e. The van der Waals surface area contributed by atoms with Crippen molar-refractivity contribution in [2.24, 2.45) is 17.6 Å². The van der Waals surface area contributed by atoms with E-state index in [1.165, 1.54) is 24.3 Å². The molecule has 50 heavy (non-hydrogen) atoms. The first-order valence-corrected chi connectivity index (χ1v) is 16.5. The molecule has 4 aromatic carbocycles. The van der Waals surface area contributed by atoms with E-state index in [2.05, 4.69) is 10.3 Å². The molecule has 3 atom stereocenters. The summed E-state index contributed by atoms with van der Waals surface area (Å²) in [6.45, 7) is 4.44. The van der Waals surface area contributed by atoms with Gasteiger partial charge in [-0.05, 0) is 58.2 Å². The third kappa shape index (κ3) is 8.52. The van der Waals surface area contributed by atoms with Crippen molar-refractivity contribution in [3.05, 3.63) is 136 Å². The van der Waals surface area contributed by atoms with Crippen molar-refractivity contribution in [2.45, 2.75) is 52.1 Å². The molecule has 0 aliphatic heterocycles. The van der Waals surface area contributed by atoms with Crippen molar-refractivity contribution in [2.75, 3.05) is 5.32 Å². The monoisotopic (exact) mass is 702 g/mol. The maximum atomic E-state index is 14.3. The van der Waals surface area contributed by atoms with Crippen molar-refractivity contribution in [3.8, 4) is 0 Å². The van der Waals surface area contributed by atoms with Crippen LogP contribution < -0.4 is 11.1 Å². The first kappa shape index (κ1) is 36.1. The molecule has 9 nitrogen and oxygen atoms in total. The number of halogens is 3. The first-order chi connectivity index (χ1) is 23.8. The number of Topliss-reactive ketones (excluding diaryl/α,β-unsaturated/α-hetero) is 1. The molecule has 1 aromatic heterocycles. The molecule has 13 heteroatoms. The fraction of sp³-hybridized carbons (Fsp3) is 0.270. The summed E-state index contributed by atoms with van der Waals surface area (Å²) in [6, 6.07) is 24.6. The Hall–Kier alpha value is -5.14. The zero-order valence-electron chi connectivity index (χ0n) is 27.5. The van der Waals surface area contributed by atoms with Gasteiger partial charge in [-0.15, -0.1) is 0 Å². The molecule has 1 heterocycles. The second-order valence-electron chi connectivity index (χ2n) is 12.3. The van der Waals surface area contributed by atoms with Crippen LogP contribution in [0.3, 0.4) is 0 Å². The van der Waals surface area contributed by atoms with E-state index >= 15 is 0 Å². The molecule has 0 aliphatic carbocycles. The number of carbonyl (C=O) groups is 1. The minimum Gasteiger partial charge on any atom is -0.333 e. The number of imidazole rings is 1. The lowest BCUT2D eigenvalue weighted by Crippen LogP contribution is -2.55. The summed E-state index contributed by atoms with van der Waals surface area (Å²) in [4.78, 5) is 30.8. The molecule has 5 aromatic rings. The number of benzene rings is 4. The number of thiocarbonyl (C=S) groups is 1. The van der Waals surface area contributed by atoms with Gasteiger partial charge >= 0.3 is 6.18 Å². The van der Waals surface area contributed by atoms with Crippen LogP contribution in [-0.2, 0) is 30.5 Å². The van der Waals surface area contributed by atoms with Crippen LogP contribution >= 0.6 is 12.2 Å². The summed E-state index contributed by atoms with van der Waals surface area (Å²) in [5.74, 6) is -1.06. The van der Waals surface area contributed by atoms with E-state index in [1.807, 2.05) is 60.9 Å². The standard InChI is InChI=1S/C37H37F3N6O3S/c1-3-24(2)34(33(47)19-31-20-42-23-44(31)21-25-14-16-30(17-15-25)46(48)49)35(41)45(22-27-10-6-9-26-8-4-5-13-32(26)27)36(50)43-29-12-7-11-28(18-29)37(38,39)40/h4-18,20,23-24,34-35H,3,19,21-22,41H2,1-2H3,(H,43,50)/t24-,34+,35?/m0/s1. The van der Waals surface area contributed by atoms with Crippen LogP contribution in [0.5, 0.6) is 0 Å². The van der Waals surface area contributed by atoms with Crippen molar-refractivity contribution in [3.63, 3.8) is 0 Å². The Morgan fingerprint density at radius 2 is 1.76 bits per heavy atom. The zero-order valence-corrected chi connectivity index (χ0v) is 28.3. The van der Waals surface area contributed by atoms with Crippen molar-refractivity contribution in [1.29, 1.82) is 0 Å². The Morgan fingerprint density at radius 3 is 2.46 bits per heavy atom. The van der Waals surface area contributed by atoms with Gasteiger partial charge in [0, 0.05) is 49.2 Å². The third-order valence-corrected chi connectivity index (χ3v) is 9.27. The smallest absolute Gasteiger partial charge is 0.333 e. The maximum absolute atomic E-state index is 14.3. The molecule has 260 valence electrons. The van der Waals surface area contributed by atoms with E-state index in [4.69, 9.17) is 18.0 Å². The first-order valence-electron chi connectivity index (χ1n) is 16.1. The van der Waals surface area contributed by atoms with E-state index in [0.29, 0.717) is 18.7 Å². The topological polar surface area (TPSA) is 119 Å². The highest BCUT2D eigenvalue weighted by molar-refractivity contribution is 7.80. The Kier molecular flexibility index (Phi) is 11.3. The minimum absolute atomic E-state index is 0.00557. The number of rotatable bonds is 13. The highest BCUT2D eigenvalue weighted by atomic mass is 32.1. The summed E-state index contributed by atoms with van der Waals surface area (Å²) in [6.07, 6.45) is -1.65. The minimum atomic E-state index is -4.54. The molecule has 0 fully saturated rings. The number of nitrogens with one attached hydrogen (secondary N) is 1. The lowest BCUT2D eigenvalue weighted by Gasteiger charge is -2.38. The summed E-state index contributed by atoms with van der Waals surface area (Å²) >= 11 is 5.84. The van der Waals surface area contributed by atoms with Gasteiger partial charge in [0.25, 0.3) is 5.69 Å². The third-order valence-electron chi connectivity index (χ3n) is 8.93. The number of fused-ring (bicyclic) bond motifs is 1. The number of nitro benzene ring substituents is 1. The molecule has 0 bridgehead atoms. The highest BCUT2D eigenvalue weighted by Gasteiger charge is 2.36. The lowest BCUT2D eigenvalue weighted by atomic mass is 9.83. The van der Waals surface area contributed by atoms with Crippen LogP contribution in [0.25, 0.3) is 10.8 Å². The number of ketones is 1. The average molecular weight is 703 g/mol. The Bertz CT molecular complexity index is 1980. The predicted octanol–water partition coefficient (Wildman–Crippen LogP) is 7.97. The van der Waals surface area contributed by atoms with Crippen molar-refractivity contribution < 1.29 is 22.9 Å². The van der Waals surface area contributed by atoms with E-state index in [1.54, 1.807) is 29.6 Å². The van der Waals surface area contributed by atoms with Crippen molar-refractivity contribution in [1.82, 2.24) is 14.5 Å². The fourth-order valence-electron chi connectivity index (χ4n) is 6.04. The van der Waals surface area contributed by atoms with Crippen LogP contribution in [0.2, 0.25) is 0 Å². The molecular formula is C37H37F3N6O3S. The molecule has 0 radical (unpaired) electrons. The van der Waals surface area contributed by atoms with Crippen LogP contribution in [0, 0.1) is 22.0 Å². The summed E-state index contributed by atoms with van der Waals surface area (Å²) in [5, 5.41) is 16.1. The largest absolute Gasteiger partial charge is 0.416 e. The van der Waals surface area contributed by atoms with Crippen LogP contribution in [-0.4, -0.2) is 36.4 Å². The molecule has 0 spiro atoms. The molecular weight excluding hydrogens is 666 g/mol. The van der Waals surface area contributed by atoms with Gasteiger partial charge in [-0.1, -0.05) is 80.9 Å². The molecule has 0 amide bonds. The number of anilines is 1. The number of hydrogen-bond acceptors (Lipinski definition) is 6. The average Bonchev–Trinajstić information content (AvgIpc) is 3.52. The van der Waals surface area contributed by atoms with Gasteiger partial charge in [0.1, 0.15) is 5.78 Å². The van der Waals surface area contributed by atoms with E-state index < -0.39 is 28.7 Å². The number of alkyl halides is 3. The summed E-state index contributed by atoms with van der Waals surface area (Å²) < 4.78 is 42.4. The van der Waals surface area contributed by atoms with Crippen LogP contribution in [0.1, 0.15) is 42.7 Å². The van der Waals surface area contributed by atoms with Crippen molar-refractivity contribution >= 4 is 45.3 Å². The Balaban J connectivity index is 1.45. The number of nitrogens with two attached hydrogens (primary N) is 1. The highest BCUT2D eigenvalue weighted by Crippen LogP contribution is 2.32. The van der Waals surface area contributed by atoms with Gasteiger partial charge in [0.15, 0.2) is 5.11 Å². The van der Waals surface area contributed by atoms with Gasteiger partial charge in [0.05, 0.1) is 28.9 Å². The summed E-state index contributed by atoms with van der Waals surface area (Å²) in [7, 11) is 0. The van der Waals surface area contributed by atoms with E-state index in [-0.39, 0.29) is 41.2 Å². The van der Waals surface area contributed by atoms with Crippen LogP contribution in [0.4, 0.5) is 24.5 Å². The van der Waals surface area contributed by atoms with Gasteiger partial charge in [0.2, 0.25) is 0 Å². The number of aromatic nitrogens is 2. The second-order valence-corrected chi connectivity index (χ2v) is 12.6. The normalized spacial score (nSPS) is 13.4. The van der Waals surface area contributed by atoms with Crippen LogP contribution in [0.15, 0.2) is 104 Å². The molecule has 1 unspecified atom stereocenters. The SMILES string of the molecule is CC[C@H](C)[C@H](C(=O)Cc1cncn1Cc1ccc([N+](=O)[O-])cc1)C(N)N(Cc1cccc2ccccc12)C(=S)Nc1cccc(C(F)(F)F)c1. The Morgan fingerprint density at radius 1 is 1.06 bits per heavy atom. The quantitative estimate of drug-likeness (QED) is 0.0549.